The van der Waals surface area contributed by atoms with Crippen molar-refractivity contribution in [3.8, 4) is 17.2 Å². The van der Waals surface area contributed by atoms with E-state index < -0.39 is 0 Å². The lowest BCUT2D eigenvalue weighted by molar-refractivity contribution is -0.114. The summed E-state index contributed by atoms with van der Waals surface area (Å²) >= 11 is 10.8. The van der Waals surface area contributed by atoms with E-state index in [1.54, 1.807) is 42.6 Å². The molecule has 27 heavy (non-hydrogen) atoms. The van der Waals surface area contributed by atoms with Gasteiger partial charge in [-0.05, 0) is 36.5 Å². The van der Waals surface area contributed by atoms with Crippen LogP contribution in [0.5, 0.6) is 17.2 Å². The minimum Gasteiger partial charge on any atom is -0.494 e. The summed E-state index contributed by atoms with van der Waals surface area (Å²) < 4.78 is 11.3. The van der Waals surface area contributed by atoms with E-state index in [0.29, 0.717) is 44.5 Å². The van der Waals surface area contributed by atoms with Gasteiger partial charge in [-0.3, -0.25) is 9.78 Å². The fourth-order valence-electron chi connectivity index (χ4n) is 2.51. The first kappa shape index (κ1) is 18.8. The van der Waals surface area contributed by atoms with Crippen LogP contribution in [0.2, 0.25) is 5.02 Å². The summed E-state index contributed by atoms with van der Waals surface area (Å²) in [5.41, 5.74) is 1.70. The van der Waals surface area contributed by atoms with Crippen molar-refractivity contribution in [3.05, 3.63) is 47.6 Å². The second kappa shape index (κ2) is 8.14. The Bertz CT molecular complexity index is 1080. The van der Waals surface area contributed by atoms with E-state index in [4.69, 9.17) is 21.1 Å². The number of thiocarbonyl (C=S) groups is 1. The van der Waals surface area contributed by atoms with Crippen molar-refractivity contribution in [3.63, 3.8) is 0 Å². The number of hydrogen-bond donors (Lipinski definition) is 1. The second-order valence-electron chi connectivity index (χ2n) is 5.48. The number of nitrogens with zero attached hydrogens (tertiary/aromatic N) is 2. The number of nitrogens with one attached hydrogen (secondary N) is 1. The number of carbonyl (C=O) groups excluding carboxylic acids is 1. The monoisotopic (exact) mass is 399 g/mol. The second-order valence-corrected chi connectivity index (χ2v) is 6.07. The first-order valence-corrected chi connectivity index (χ1v) is 8.60. The molecule has 136 valence electrons. The quantitative estimate of drug-likeness (QED) is 0.460. The minimum absolute atomic E-state index is 0.208. The Hall–Kier alpha value is -2.99. The average Bonchev–Trinajstić information content (AvgIpc) is 2.63. The standard InChI is InChI=1S/C19H14ClN3O3S/c1-11(24)23-17-8-13-16(9-19(17)25-2)21-6-5-18(13)26-12-3-4-15(22-10-27)14(20)7-12/h3-9H,1-2H3,(H,23,24). The van der Waals surface area contributed by atoms with E-state index in [1.807, 2.05) is 0 Å². The number of fused-ring (bicyclic) bond motifs is 1. The van der Waals surface area contributed by atoms with Crippen LogP contribution in [0.25, 0.3) is 10.9 Å². The van der Waals surface area contributed by atoms with E-state index in [9.17, 15) is 4.79 Å². The van der Waals surface area contributed by atoms with Crippen molar-refractivity contribution in [2.24, 2.45) is 4.99 Å². The maximum absolute atomic E-state index is 11.5. The van der Waals surface area contributed by atoms with E-state index in [2.05, 4.69) is 32.7 Å². The maximum atomic E-state index is 11.5. The molecule has 6 nitrogen and oxygen atoms in total. The van der Waals surface area contributed by atoms with E-state index in [0.717, 1.165) is 0 Å². The fourth-order valence-corrected chi connectivity index (χ4v) is 2.82. The average molecular weight is 400 g/mol. The molecule has 1 N–H and O–H groups in total. The first-order chi connectivity index (χ1) is 13.0. The van der Waals surface area contributed by atoms with E-state index >= 15 is 0 Å². The summed E-state index contributed by atoms with van der Waals surface area (Å²) in [6.07, 6.45) is 1.63. The van der Waals surface area contributed by atoms with Gasteiger partial charge in [-0.25, -0.2) is 0 Å². The molecule has 8 heteroatoms. The van der Waals surface area contributed by atoms with Crippen molar-refractivity contribution in [2.75, 3.05) is 12.4 Å². The molecule has 2 aromatic carbocycles. The fraction of sp³-hybridized carbons (Fsp3) is 0.105. The molecule has 1 aromatic heterocycles. The highest BCUT2D eigenvalue weighted by Gasteiger charge is 2.12. The number of amides is 1. The number of hydrogen-bond acceptors (Lipinski definition) is 6. The molecular weight excluding hydrogens is 386 g/mol. The SMILES string of the molecule is COc1cc2nccc(Oc3ccc(N=C=S)c(Cl)c3)c2cc1NC(C)=O. The van der Waals surface area contributed by atoms with Crippen LogP contribution < -0.4 is 14.8 Å². The van der Waals surface area contributed by atoms with Gasteiger partial charge < -0.3 is 14.8 Å². The predicted molar refractivity (Wildman–Crippen MR) is 109 cm³/mol. The van der Waals surface area contributed by atoms with Crippen LogP contribution in [0.1, 0.15) is 6.92 Å². The Morgan fingerprint density at radius 1 is 1.26 bits per heavy atom. The predicted octanol–water partition coefficient (Wildman–Crippen LogP) is 5.38. The Morgan fingerprint density at radius 3 is 2.74 bits per heavy atom. The molecule has 0 atom stereocenters. The van der Waals surface area contributed by atoms with Gasteiger partial charge in [-0.1, -0.05) is 11.6 Å². The van der Waals surface area contributed by atoms with Crippen LogP contribution in [0.15, 0.2) is 47.6 Å². The number of rotatable bonds is 5. The Balaban J connectivity index is 2.05. The zero-order valence-electron chi connectivity index (χ0n) is 14.4. The van der Waals surface area contributed by atoms with Gasteiger partial charge in [-0.2, -0.15) is 4.99 Å². The number of halogens is 1. The Morgan fingerprint density at radius 2 is 2.07 bits per heavy atom. The largest absolute Gasteiger partial charge is 0.494 e. The zero-order chi connectivity index (χ0) is 19.4. The smallest absolute Gasteiger partial charge is 0.221 e. The zero-order valence-corrected chi connectivity index (χ0v) is 16.0. The number of aromatic nitrogens is 1. The number of pyridine rings is 1. The Kier molecular flexibility index (Phi) is 5.66. The molecule has 0 aliphatic rings. The molecule has 0 aliphatic heterocycles. The Labute approximate surface area is 165 Å². The lowest BCUT2D eigenvalue weighted by atomic mass is 10.1. The number of methoxy groups -OCH3 is 1. The van der Waals surface area contributed by atoms with Gasteiger partial charge in [0.2, 0.25) is 5.91 Å². The highest BCUT2D eigenvalue weighted by atomic mass is 35.5. The summed E-state index contributed by atoms with van der Waals surface area (Å²) in [4.78, 5) is 19.7. The van der Waals surface area contributed by atoms with Crippen molar-refractivity contribution in [1.29, 1.82) is 0 Å². The number of anilines is 1. The van der Waals surface area contributed by atoms with Gasteiger partial charge in [0.05, 0.1) is 34.2 Å². The summed E-state index contributed by atoms with van der Waals surface area (Å²) in [5, 5.41) is 6.12. The van der Waals surface area contributed by atoms with Gasteiger partial charge in [0.1, 0.15) is 17.2 Å². The molecule has 0 radical (unpaired) electrons. The molecule has 0 aliphatic carbocycles. The molecule has 1 amide bonds. The highest BCUT2D eigenvalue weighted by molar-refractivity contribution is 7.78. The third kappa shape index (κ3) is 4.23. The van der Waals surface area contributed by atoms with Crippen LogP contribution >= 0.6 is 23.8 Å². The van der Waals surface area contributed by atoms with Crippen LogP contribution in [0.3, 0.4) is 0 Å². The van der Waals surface area contributed by atoms with Gasteiger partial charge >= 0.3 is 0 Å². The summed E-state index contributed by atoms with van der Waals surface area (Å²) in [6, 6.07) is 10.3. The molecule has 0 saturated heterocycles. The molecule has 3 aromatic rings. The molecule has 0 saturated carbocycles. The lowest BCUT2D eigenvalue weighted by Gasteiger charge is -2.13. The minimum atomic E-state index is -0.208. The third-order valence-electron chi connectivity index (χ3n) is 3.65. The van der Waals surface area contributed by atoms with Gasteiger partial charge in [-0.15, -0.1) is 0 Å². The summed E-state index contributed by atoms with van der Waals surface area (Å²) in [5.74, 6) is 1.37. The number of ether oxygens (including phenoxy) is 2. The molecule has 0 fully saturated rings. The van der Waals surface area contributed by atoms with Crippen LogP contribution in [0.4, 0.5) is 11.4 Å². The maximum Gasteiger partial charge on any atom is 0.221 e. The normalized spacial score (nSPS) is 10.2. The van der Waals surface area contributed by atoms with Gasteiger partial charge in [0.25, 0.3) is 0 Å². The van der Waals surface area contributed by atoms with Crippen LogP contribution in [-0.2, 0) is 4.79 Å². The number of carbonyl (C=O) groups is 1. The van der Waals surface area contributed by atoms with E-state index in [-0.39, 0.29) is 5.91 Å². The lowest BCUT2D eigenvalue weighted by Crippen LogP contribution is -2.07. The summed E-state index contributed by atoms with van der Waals surface area (Å²) in [7, 11) is 1.53. The van der Waals surface area contributed by atoms with Crippen molar-refractivity contribution < 1.29 is 14.3 Å². The van der Waals surface area contributed by atoms with Crippen molar-refractivity contribution in [2.45, 2.75) is 6.92 Å². The van der Waals surface area contributed by atoms with E-state index in [1.165, 1.54) is 14.0 Å². The third-order valence-corrected chi connectivity index (χ3v) is 4.04. The van der Waals surface area contributed by atoms with Crippen LogP contribution in [0, 0.1) is 0 Å². The molecule has 0 unspecified atom stereocenters. The topological polar surface area (TPSA) is 72.8 Å². The molecule has 0 spiro atoms. The van der Waals surface area contributed by atoms with Gasteiger partial charge in [0.15, 0.2) is 0 Å². The van der Waals surface area contributed by atoms with Crippen molar-refractivity contribution in [1.82, 2.24) is 4.98 Å². The molecule has 0 bridgehead atoms. The highest BCUT2D eigenvalue weighted by Crippen LogP contribution is 2.37. The first-order valence-electron chi connectivity index (χ1n) is 7.81. The number of benzene rings is 2. The summed E-state index contributed by atoms with van der Waals surface area (Å²) in [6.45, 7) is 1.43. The van der Waals surface area contributed by atoms with Gasteiger partial charge in [0, 0.05) is 30.6 Å². The molecule has 3 rings (SSSR count). The van der Waals surface area contributed by atoms with Crippen molar-refractivity contribution >= 4 is 57.2 Å². The molecular formula is C19H14ClN3O3S. The van der Waals surface area contributed by atoms with Crippen LogP contribution in [-0.4, -0.2) is 23.2 Å². The number of aliphatic imine (C=N–C) groups is 1. The number of isothiocyanates is 1. The molecule has 1 heterocycles.